The first-order valence-corrected chi connectivity index (χ1v) is 12.2. The van der Waals surface area contributed by atoms with Crippen molar-refractivity contribution >= 4 is 21.8 Å². The topological polar surface area (TPSA) is 99.3 Å². The van der Waals surface area contributed by atoms with Crippen LogP contribution in [0.2, 0.25) is 0 Å². The summed E-state index contributed by atoms with van der Waals surface area (Å²) in [7, 11) is -0.649. The van der Waals surface area contributed by atoms with Gasteiger partial charge in [0, 0.05) is 66.5 Å². The zero-order valence-corrected chi connectivity index (χ0v) is 19.6. The lowest BCUT2D eigenvalue weighted by Gasteiger charge is -2.34. The monoisotopic (exact) mass is 472 g/mol. The van der Waals surface area contributed by atoms with Gasteiger partial charge in [-0.15, -0.1) is 0 Å². The van der Waals surface area contributed by atoms with E-state index in [1.54, 1.807) is 12.0 Å². The molecule has 1 fully saturated rings. The summed E-state index contributed by atoms with van der Waals surface area (Å²) in [6, 6.07) is 4.67. The van der Waals surface area contributed by atoms with Crippen molar-refractivity contribution in [2.45, 2.75) is 24.2 Å². The zero-order chi connectivity index (χ0) is 23.6. The Hall–Kier alpha value is -2.08. The summed E-state index contributed by atoms with van der Waals surface area (Å²) in [5, 5.41) is 2.85. The summed E-state index contributed by atoms with van der Waals surface area (Å²) in [5.74, 6) is -0.562. The van der Waals surface area contributed by atoms with Gasteiger partial charge in [0.25, 0.3) is 0 Å². The minimum Gasteiger partial charge on any atom is -0.385 e. The molecule has 9 nitrogen and oxygen atoms in total. The average Bonchev–Trinajstić information content (AvgIpc) is 2.77. The first-order chi connectivity index (χ1) is 15.2. The van der Waals surface area contributed by atoms with E-state index in [-0.39, 0.29) is 29.7 Å². The van der Waals surface area contributed by atoms with Crippen LogP contribution in [0.4, 0.5) is 4.39 Å². The molecule has 180 valence electrons. The number of halogens is 1. The molecule has 1 aliphatic heterocycles. The fourth-order valence-corrected chi connectivity index (χ4v) is 4.59. The maximum Gasteiger partial charge on any atom is 0.242 e. The summed E-state index contributed by atoms with van der Waals surface area (Å²) in [4.78, 5) is 28.2. The molecule has 0 bridgehead atoms. The van der Waals surface area contributed by atoms with Crippen LogP contribution < -0.4 is 5.32 Å². The number of carbonyl (C=O) groups is 2. The van der Waals surface area contributed by atoms with Gasteiger partial charge in [-0.2, -0.15) is 0 Å². The van der Waals surface area contributed by atoms with Gasteiger partial charge < -0.3 is 15.0 Å². The minimum atomic E-state index is -3.72. The molecular weight excluding hydrogens is 439 g/mol. The molecule has 1 aromatic rings. The highest BCUT2D eigenvalue weighted by Crippen LogP contribution is 2.15. The number of piperazine rings is 1. The SMILES string of the molecule is COCCCNC(=O)CN1CCN(C(=O)CCCN(C)S(=O)(=O)c2ccc(F)cc2)CC1. The summed E-state index contributed by atoms with van der Waals surface area (Å²) in [6.07, 6.45) is 1.40. The van der Waals surface area contributed by atoms with Crippen LogP contribution in [-0.4, -0.2) is 101 Å². The minimum absolute atomic E-state index is 0.0200. The third-order valence-electron chi connectivity index (χ3n) is 5.33. The average molecular weight is 473 g/mol. The zero-order valence-electron chi connectivity index (χ0n) is 18.8. The van der Waals surface area contributed by atoms with Gasteiger partial charge in [0.15, 0.2) is 0 Å². The number of hydrogen-bond acceptors (Lipinski definition) is 6. The van der Waals surface area contributed by atoms with Crippen LogP contribution in [0, 0.1) is 5.82 Å². The number of nitrogens with zero attached hydrogens (tertiary/aromatic N) is 3. The second-order valence-electron chi connectivity index (χ2n) is 7.74. The van der Waals surface area contributed by atoms with Gasteiger partial charge in [-0.05, 0) is 37.1 Å². The second kappa shape index (κ2) is 12.8. The number of nitrogens with one attached hydrogen (secondary N) is 1. The number of ether oxygens (including phenoxy) is 1. The van der Waals surface area contributed by atoms with Crippen molar-refractivity contribution in [3.63, 3.8) is 0 Å². The fourth-order valence-electron chi connectivity index (χ4n) is 3.38. The van der Waals surface area contributed by atoms with Gasteiger partial charge in [0.2, 0.25) is 21.8 Å². The van der Waals surface area contributed by atoms with E-state index >= 15 is 0 Å². The molecule has 0 atom stereocenters. The van der Waals surface area contributed by atoms with Crippen molar-refractivity contribution in [2.75, 3.05) is 66.6 Å². The first-order valence-electron chi connectivity index (χ1n) is 10.7. The predicted molar refractivity (Wildman–Crippen MR) is 118 cm³/mol. The summed E-state index contributed by atoms with van der Waals surface area (Å²) < 4.78 is 44.2. The largest absolute Gasteiger partial charge is 0.385 e. The number of amides is 2. The third-order valence-corrected chi connectivity index (χ3v) is 7.20. The van der Waals surface area contributed by atoms with Gasteiger partial charge in [-0.3, -0.25) is 14.5 Å². The maximum atomic E-state index is 13.0. The first kappa shape index (κ1) is 26.2. The summed E-state index contributed by atoms with van der Waals surface area (Å²) in [5.41, 5.74) is 0. The molecule has 2 rings (SSSR count). The van der Waals surface area contributed by atoms with E-state index < -0.39 is 15.8 Å². The van der Waals surface area contributed by atoms with E-state index in [0.29, 0.717) is 52.3 Å². The predicted octanol–water partition coefficient (Wildman–Crippen LogP) is 0.523. The lowest BCUT2D eigenvalue weighted by Crippen LogP contribution is -2.51. The Labute approximate surface area is 189 Å². The van der Waals surface area contributed by atoms with E-state index in [2.05, 4.69) is 5.32 Å². The molecule has 1 aliphatic rings. The molecule has 1 heterocycles. The van der Waals surface area contributed by atoms with E-state index in [4.69, 9.17) is 4.74 Å². The van der Waals surface area contributed by atoms with Crippen LogP contribution >= 0.6 is 0 Å². The third kappa shape index (κ3) is 8.12. The Morgan fingerprint density at radius 2 is 1.78 bits per heavy atom. The molecule has 0 saturated carbocycles. The molecule has 11 heteroatoms. The van der Waals surface area contributed by atoms with Crippen LogP contribution in [0.25, 0.3) is 0 Å². The molecule has 1 N–H and O–H groups in total. The molecular formula is C21H33FN4O5S. The molecule has 0 spiro atoms. The van der Waals surface area contributed by atoms with Gasteiger partial charge in [-0.1, -0.05) is 0 Å². The number of hydrogen-bond donors (Lipinski definition) is 1. The highest BCUT2D eigenvalue weighted by Gasteiger charge is 2.24. The van der Waals surface area contributed by atoms with Crippen molar-refractivity contribution in [1.29, 1.82) is 0 Å². The highest BCUT2D eigenvalue weighted by atomic mass is 32.2. The van der Waals surface area contributed by atoms with Gasteiger partial charge >= 0.3 is 0 Å². The Kier molecular flexibility index (Phi) is 10.5. The van der Waals surface area contributed by atoms with Gasteiger partial charge in [-0.25, -0.2) is 17.1 Å². The van der Waals surface area contributed by atoms with Crippen molar-refractivity contribution in [1.82, 2.24) is 19.4 Å². The van der Waals surface area contributed by atoms with Crippen molar-refractivity contribution in [2.24, 2.45) is 0 Å². The lowest BCUT2D eigenvalue weighted by molar-refractivity contribution is -0.133. The van der Waals surface area contributed by atoms with Crippen LogP contribution in [0.1, 0.15) is 19.3 Å². The molecule has 0 aromatic heterocycles. The smallest absolute Gasteiger partial charge is 0.242 e. The van der Waals surface area contributed by atoms with E-state index in [1.807, 2.05) is 4.90 Å². The van der Waals surface area contributed by atoms with Crippen molar-refractivity contribution in [3.05, 3.63) is 30.1 Å². The number of sulfonamides is 1. The van der Waals surface area contributed by atoms with Gasteiger partial charge in [0.1, 0.15) is 5.82 Å². The summed E-state index contributed by atoms with van der Waals surface area (Å²) >= 11 is 0. The van der Waals surface area contributed by atoms with Gasteiger partial charge in [0.05, 0.1) is 11.4 Å². The van der Waals surface area contributed by atoms with Crippen molar-refractivity contribution in [3.8, 4) is 0 Å². The van der Waals surface area contributed by atoms with Crippen LogP contribution in [0.3, 0.4) is 0 Å². The molecule has 0 aliphatic carbocycles. The molecule has 2 amide bonds. The Morgan fingerprint density at radius 3 is 2.41 bits per heavy atom. The van der Waals surface area contributed by atoms with E-state index in [0.717, 1.165) is 18.6 Å². The number of benzene rings is 1. The number of carbonyl (C=O) groups excluding carboxylic acids is 2. The number of rotatable bonds is 12. The fraction of sp³-hybridized carbons (Fsp3) is 0.619. The molecule has 1 aromatic carbocycles. The molecule has 1 saturated heterocycles. The van der Waals surface area contributed by atoms with Crippen LogP contribution in [0.5, 0.6) is 0 Å². The highest BCUT2D eigenvalue weighted by molar-refractivity contribution is 7.89. The van der Waals surface area contributed by atoms with Crippen LogP contribution in [-0.2, 0) is 24.3 Å². The molecule has 0 radical (unpaired) electrons. The molecule has 0 unspecified atom stereocenters. The standard InChI is InChI=1S/C21H33FN4O5S/c1-24(32(29,30)19-8-6-18(22)7-9-19)11-3-5-21(28)26-14-12-25(13-15-26)17-20(27)23-10-4-16-31-2/h6-9H,3-5,10-17H2,1-2H3,(H,23,27). The Balaban J connectivity index is 1.68. The van der Waals surface area contributed by atoms with E-state index in [9.17, 15) is 22.4 Å². The van der Waals surface area contributed by atoms with Crippen molar-refractivity contribution < 1.29 is 27.1 Å². The lowest BCUT2D eigenvalue weighted by atomic mass is 10.2. The Morgan fingerprint density at radius 1 is 1.12 bits per heavy atom. The molecule has 32 heavy (non-hydrogen) atoms. The van der Waals surface area contributed by atoms with E-state index in [1.165, 1.54) is 23.5 Å². The van der Waals surface area contributed by atoms with Crippen LogP contribution in [0.15, 0.2) is 29.2 Å². The quantitative estimate of drug-likeness (QED) is 0.446. The normalized spacial score (nSPS) is 15.2. The second-order valence-corrected chi connectivity index (χ2v) is 9.78. The Bertz CT molecular complexity index is 842. The maximum absolute atomic E-state index is 13.0. The number of methoxy groups -OCH3 is 1. The summed E-state index contributed by atoms with van der Waals surface area (Å²) in [6.45, 7) is 4.01.